The third-order valence-electron chi connectivity index (χ3n) is 4.65. The van der Waals surface area contributed by atoms with Gasteiger partial charge >= 0.3 is 12.1 Å². The second kappa shape index (κ2) is 12.8. The Balaban J connectivity index is 2.09. The third kappa shape index (κ3) is 10.8. The smallest absolute Gasteiger partial charge is 0.408 e. The number of alkyl carbamates (subject to hydrolysis) is 1. The fourth-order valence-electron chi connectivity index (χ4n) is 3.13. The van der Waals surface area contributed by atoms with Crippen molar-refractivity contribution in [2.24, 2.45) is 0 Å². The van der Waals surface area contributed by atoms with Crippen LogP contribution in [-0.2, 0) is 27.2 Å². The molecule has 33 heavy (non-hydrogen) atoms. The average Bonchev–Trinajstić information content (AvgIpc) is 3.26. The summed E-state index contributed by atoms with van der Waals surface area (Å²) in [5.74, 6) is -1.47. The van der Waals surface area contributed by atoms with Crippen molar-refractivity contribution in [2.45, 2.75) is 64.1 Å². The maximum absolute atomic E-state index is 13.1. The minimum atomic E-state index is -1.09. The van der Waals surface area contributed by atoms with Crippen LogP contribution in [0.5, 0.6) is 0 Å². The summed E-state index contributed by atoms with van der Waals surface area (Å²) in [6, 6.07) is 12.3. The number of nitrogens with one attached hydrogen (secondary N) is 2. The average molecular weight is 473 g/mol. The highest BCUT2D eigenvalue weighted by molar-refractivity contribution is 7.09. The van der Waals surface area contributed by atoms with Crippen LogP contribution in [0.25, 0.3) is 0 Å². The number of thiophene rings is 1. The SMILES string of the molecule is CC(C)(C)OC(=O)NC(CCc1cccs1)C(=O)NC(C=CC(=O)O)CCc1ccccc1. The largest absolute Gasteiger partial charge is 0.478 e. The lowest BCUT2D eigenvalue weighted by Gasteiger charge is -2.24. The second-order valence-corrected chi connectivity index (χ2v) is 9.69. The summed E-state index contributed by atoms with van der Waals surface area (Å²) in [6.45, 7) is 5.26. The first-order chi connectivity index (χ1) is 15.6. The molecule has 3 N–H and O–H groups in total. The molecule has 2 unspecified atom stereocenters. The molecular formula is C25H32N2O5S. The number of rotatable bonds is 11. The van der Waals surface area contributed by atoms with Gasteiger partial charge in [-0.3, -0.25) is 4.79 Å². The van der Waals surface area contributed by atoms with E-state index in [1.54, 1.807) is 32.1 Å². The van der Waals surface area contributed by atoms with Crippen molar-refractivity contribution in [1.82, 2.24) is 10.6 Å². The minimum Gasteiger partial charge on any atom is -0.478 e. The maximum Gasteiger partial charge on any atom is 0.408 e. The van der Waals surface area contributed by atoms with Gasteiger partial charge in [-0.05, 0) is 63.5 Å². The van der Waals surface area contributed by atoms with Crippen molar-refractivity contribution >= 4 is 29.3 Å². The molecule has 0 aliphatic heterocycles. The van der Waals surface area contributed by atoms with Crippen LogP contribution < -0.4 is 10.6 Å². The Hall–Kier alpha value is -3.13. The number of hydrogen-bond acceptors (Lipinski definition) is 5. The van der Waals surface area contributed by atoms with Gasteiger partial charge in [0.15, 0.2) is 0 Å². The van der Waals surface area contributed by atoms with Gasteiger partial charge in [-0.15, -0.1) is 11.3 Å². The molecular weight excluding hydrogens is 440 g/mol. The van der Waals surface area contributed by atoms with E-state index >= 15 is 0 Å². The highest BCUT2D eigenvalue weighted by Gasteiger charge is 2.25. The molecule has 0 saturated heterocycles. The number of amides is 2. The van der Waals surface area contributed by atoms with E-state index in [-0.39, 0.29) is 5.91 Å². The summed E-state index contributed by atoms with van der Waals surface area (Å²) < 4.78 is 5.33. The Bertz CT molecular complexity index is 920. The van der Waals surface area contributed by atoms with Crippen LogP contribution in [0.1, 0.15) is 44.1 Å². The molecule has 1 aromatic heterocycles. The van der Waals surface area contributed by atoms with Crippen molar-refractivity contribution in [2.75, 3.05) is 0 Å². The summed E-state index contributed by atoms with van der Waals surface area (Å²) >= 11 is 1.58. The molecule has 1 aromatic carbocycles. The molecule has 0 bridgehead atoms. The topological polar surface area (TPSA) is 105 Å². The van der Waals surface area contributed by atoms with Crippen LogP contribution in [0.15, 0.2) is 60.0 Å². The van der Waals surface area contributed by atoms with E-state index in [4.69, 9.17) is 9.84 Å². The molecule has 8 heteroatoms. The Labute approximate surface area is 198 Å². The molecule has 0 fully saturated rings. The molecule has 178 valence electrons. The molecule has 2 rings (SSSR count). The van der Waals surface area contributed by atoms with E-state index in [2.05, 4.69) is 10.6 Å². The Morgan fingerprint density at radius 3 is 2.36 bits per heavy atom. The molecule has 2 atom stereocenters. The number of carboxylic acids is 1. The van der Waals surface area contributed by atoms with Gasteiger partial charge in [0.25, 0.3) is 0 Å². The van der Waals surface area contributed by atoms with Crippen molar-refractivity contribution in [3.8, 4) is 0 Å². The molecule has 7 nitrogen and oxygen atoms in total. The van der Waals surface area contributed by atoms with E-state index < -0.39 is 29.7 Å². The Morgan fingerprint density at radius 1 is 1.03 bits per heavy atom. The molecule has 0 aliphatic carbocycles. The van der Waals surface area contributed by atoms with Crippen LogP contribution in [0.3, 0.4) is 0 Å². The van der Waals surface area contributed by atoms with E-state index in [1.807, 2.05) is 47.8 Å². The molecule has 0 radical (unpaired) electrons. The molecule has 0 aliphatic rings. The fourth-order valence-corrected chi connectivity index (χ4v) is 3.85. The number of benzene rings is 1. The van der Waals surface area contributed by atoms with Gasteiger partial charge in [-0.2, -0.15) is 0 Å². The first-order valence-electron chi connectivity index (χ1n) is 10.9. The predicted octanol–water partition coefficient (Wildman–Crippen LogP) is 4.33. The Morgan fingerprint density at radius 2 is 1.76 bits per heavy atom. The summed E-state index contributed by atoms with van der Waals surface area (Å²) in [5, 5.41) is 16.6. The van der Waals surface area contributed by atoms with Gasteiger partial charge in [-0.1, -0.05) is 42.5 Å². The van der Waals surface area contributed by atoms with E-state index in [0.717, 1.165) is 16.5 Å². The van der Waals surface area contributed by atoms with Crippen LogP contribution >= 0.6 is 11.3 Å². The standard InChI is InChI=1S/C25H32N2O5S/c1-25(2,3)32-24(31)27-21(15-14-20-10-7-17-33-20)23(30)26-19(13-16-22(28)29)12-11-18-8-5-4-6-9-18/h4-10,13,16-17,19,21H,11-12,14-15H2,1-3H3,(H,26,30)(H,27,31)(H,28,29). The molecule has 1 heterocycles. The quantitative estimate of drug-likeness (QED) is 0.422. The summed E-state index contributed by atoms with van der Waals surface area (Å²) in [5.41, 5.74) is 0.392. The first-order valence-corrected chi connectivity index (χ1v) is 11.8. The normalized spacial score (nSPS) is 13.3. The van der Waals surface area contributed by atoms with Gasteiger partial charge in [0, 0.05) is 17.0 Å². The number of carbonyl (C=O) groups is 3. The number of ether oxygens (including phenoxy) is 1. The van der Waals surface area contributed by atoms with Crippen LogP contribution in [-0.4, -0.2) is 40.8 Å². The highest BCUT2D eigenvalue weighted by atomic mass is 32.1. The van der Waals surface area contributed by atoms with E-state index in [9.17, 15) is 14.4 Å². The van der Waals surface area contributed by atoms with Crippen molar-refractivity contribution < 1.29 is 24.2 Å². The second-order valence-electron chi connectivity index (χ2n) is 8.65. The van der Waals surface area contributed by atoms with Gasteiger partial charge in [0.2, 0.25) is 5.91 Å². The third-order valence-corrected chi connectivity index (χ3v) is 5.59. The van der Waals surface area contributed by atoms with E-state index in [1.165, 1.54) is 6.08 Å². The van der Waals surface area contributed by atoms with Crippen LogP contribution in [0.4, 0.5) is 4.79 Å². The summed E-state index contributed by atoms with van der Waals surface area (Å²) in [6.07, 6.45) is 4.00. The monoisotopic (exact) mass is 472 g/mol. The first kappa shape index (κ1) is 26.1. The molecule has 2 amide bonds. The van der Waals surface area contributed by atoms with Crippen molar-refractivity contribution in [1.29, 1.82) is 0 Å². The highest BCUT2D eigenvalue weighted by Crippen LogP contribution is 2.14. The van der Waals surface area contributed by atoms with Gasteiger partial charge < -0.3 is 20.5 Å². The Kier molecular flexibility index (Phi) is 10.1. The number of aryl methyl sites for hydroxylation is 2. The zero-order valence-corrected chi connectivity index (χ0v) is 20.1. The molecule has 2 aromatic rings. The number of hydrogen-bond donors (Lipinski definition) is 3. The lowest BCUT2D eigenvalue weighted by Crippen LogP contribution is -2.50. The summed E-state index contributed by atoms with van der Waals surface area (Å²) in [4.78, 5) is 37.6. The van der Waals surface area contributed by atoms with Crippen LogP contribution in [0.2, 0.25) is 0 Å². The van der Waals surface area contributed by atoms with Gasteiger partial charge in [0.1, 0.15) is 11.6 Å². The fraction of sp³-hybridized carbons (Fsp3) is 0.400. The zero-order chi connectivity index (χ0) is 24.3. The van der Waals surface area contributed by atoms with Crippen molar-refractivity contribution in [3.05, 3.63) is 70.4 Å². The van der Waals surface area contributed by atoms with E-state index in [0.29, 0.717) is 25.7 Å². The predicted molar refractivity (Wildman–Crippen MR) is 129 cm³/mol. The lowest BCUT2D eigenvalue weighted by atomic mass is 10.0. The summed E-state index contributed by atoms with van der Waals surface area (Å²) in [7, 11) is 0. The van der Waals surface area contributed by atoms with Gasteiger partial charge in [-0.25, -0.2) is 9.59 Å². The number of carbonyl (C=O) groups excluding carboxylic acids is 2. The number of carboxylic acid groups (broad SMARTS) is 1. The van der Waals surface area contributed by atoms with Crippen molar-refractivity contribution in [3.63, 3.8) is 0 Å². The number of aliphatic carboxylic acids is 1. The molecule has 0 saturated carbocycles. The van der Waals surface area contributed by atoms with Gasteiger partial charge in [0.05, 0.1) is 0 Å². The van der Waals surface area contributed by atoms with Crippen LogP contribution in [0, 0.1) is 0 Å². The maximum atomic E-state index is 13.1. The zero-order valence-electron chi connectivity index (χ0n) is 19.2. The minimum absolute atomic E-state index is 0.384. The lowest BCUT2D eigenvalue weighted by molar-refractivity contribution is -0.131. The molecule has 0 spiro atoms.